The molecule has 0 amide bonds. The third-order valence-corrected chi connectivity index (χ3v) is 4.06. The van der Waals surface area contributed by atoms with Crippen molar-refractivity contribution in [2.45, 2.75) is 20.0 Å². The van der Waals surface area contributed by atoms with Crippen LogP contribution in [0, 0.1) is 0 Å². The van der Waals surface area contributed by atoms with Gasteiger partial charge in [0.1, 0.15) is 0 Å². The average molecular weight is 482 g/mol. The lowest BCUT2D eigenvalue weighted by Gasteiger charge is -2.22. The number of halogens is 6. The molecule has 0 aliphatic carbocycles. The predicted octanol–water partition coefficient (Wildman–Crippen LogP) is 3.74. The van der Waals surface area contributed by atoms with Crippen LogP contribution in [0.4, 0.5) is 11.9 Å². The molecular formula is C13H11Cl6N5O2. The number of rotatable bonds is 5. The minimum atomic E-state index is -2.04. The van der Waals surface area contributed by atoms with Gasteiger partial charge in [-0.15, -0.1) is 0 Å². The monoisotopic (exact) mass is 479 g/mol. The zero-order valence-electron chi connectivity index (χ0n) is 12.5. The van der Waals surface area contributed by atoms with Crippen LogP contribution >= 0.6 is 69.6 Å². The molecule has 1 aromatic carbocycles. The molecule has 26 heavy (non-hydrogen) atoms. The first-order chi connectivity index (χ1) is 12.0. The summed E-state index contributed by atoms with van der Waals surface area (Å²) in [5.74, 6) is -0.0907. The topological polar surface area (TPSA) is 103 Å². The summed E-state index contributed by atoms with van der Waals surface area (Å²) < 4.78 is -4.07. The number of anilines is 2. The highest BCUT2D eigenvalue weighted by atomic mass is 35.6. The van der Waals surface area contributed by atoms with Crippen LogP contribution < -0.4 is 10.6 Å². The zero-order chi connectivity index (χ0) is 19.5. The summed E-state index contributed by atoms with van der Waals surface area (Å²) in [6, 6.07) is 8.82. The quantitative estimate of drug-likeness (QED) is 0.381. The lowest BCUT2D eigenvalue weighted by Crippen LogP contribution is -2.35. The minimum absolute atomic E-state index is 0.142. The van der Waals surface area contributed by atoms with Crippen LogP contribution in [-0.4, -0.2) is 45.2 Å². The molecular weight excluding hydrogens is 471 g/mol. The van der Waals surface area contributed by atoms with E-state index in [0.29, 0.717) is 5.56 Å². The van der Waals surface area contributed by atoms with Crippen LogP contribution in [0.5, 0.6) is 0 Å². The van der Waals surface area contributed by atoms with Gasteiger partial charge in [-0.05, 0) is 0 Å². The summed E-state index contributed by atoms with van der Waals surface area (Å²) in [4.78, 5) is 12.2. The van der Waals surface area contributed by atoms with Crippen LogP contribution in [0.3, 0.4) is 0 Å². The number of hydrogen-bond acceptors (Lipinski definition) is 7. The second-order valence-electron chi connectivity index (χ2n) is 4.85. The summed E-state index contributed by atoms with van der Waals surface area (Å²) in [6.45, 7) is 0. The van der Waals surface area contributed by atoms with Crippen LogP contribution in [-0.2, 0) is 0 Å². The molecule has 0 aliphatic heterocycles. The van der Waals surface area contributed by atoms with E-state index in [1.165, 1.54) is 0 Å². The highest BCUT2D eigenvalue weighted by molar-refractivity contribution is 6.68. The Hall–Kier alpha value is -0.510. The van der Waals surface area contributed by atoms with Crippen LogP contribution in [0.15, 0.2) is 30.3 Å². The van der Waals surface area contributed by atoms with Gasteiger partial charge in [-0.2, -0.15) is 15.0 Å². The van der Waals surface area contributed by atoms with Crippen LogP contribution in [0.25, 0.3) is 11.4 Å². The molecule has 0 unspecified atom stereocenters. The Labute approximate surface area is 178 Å². The van der Waals surface area contributed by atoms with E-state index in [1.807, 2.05) is 6.07 Å². The molecule has 0 saturated heterocycles. The smallest absolute Gasteiger partial charge is 0.234 e. The number of alkyl halides is 6. The molecule has 2 atom stereocenters. The molecule has 0 spiro atoms. The molecule has 1 heterocycles. The summed E-state index contributed by atoms with van der Waals surface area (Å²) in [5, 5.41) is 24.6. The van der Waals surface area contributed by atoms with E-state index < -0.39 is 20.0 Å². The van der Waals surface area contributed by atoms with Gasteiger partial charge in [0.15, 0.2) is 18.3 Å². The molecule has 0 saturated carbocycles. The van der Waals surface area contributed by atoms with Crippen molar-refractivity contribution < 1.29 is 10.2 Å². The first kappa shape index (κ1) is 21.8. The third kappa shape index (κ3) is 6.28. The Kier molecular flexibility index (Phi) is 7.26. The molecule has 142 valence electrons. The Morgan fingerprint density at radius 1 is 0.731 bits per heavy atom. The van der Waals surface area contributed by atoms with Crippen molar-refractivity contribution in [1.29, 1.82) is 0 Å². The lowest BCUT2D eigenvalue weighted by molar-refractivity contribution is 0.206. The standard InChI is InChI=1S/C13H11Cl6N5O2/c14-12(15,16)8(25)22-10-20-7(6-4-2-1-3-5-6)21-11(24-10)23-9(26)13(17,18)19/h1-5,8-9,25-26H,(H2,20,21,22,23,24)/t8-,9+. The average Bonchev–Trinajstić information content (AvgIpc) is 2.53. The summed E-state index contributed by atoms with van der Waals surface area (Å²) in [6.07, 6.45) is -3.24. The Morgan fingerprint density at radius 3 is 1.54 bits per heavy atom. The molecule has 0 radical (unpaired) electrons. The van der Waals surface area contributed by atoms with Crippen LogP contribution in [0.1, 0.15) is 0 Å². The number of benzene rings is 1. The van der Waals surface area contributed by atoms with Crippen molar-refractivity contribution in [2.75, 3.05) is 10.6 Å². The summed E-state index contributed by atoms with van der Waals surface area (Å²) >= 11 is 33.7. The Balaban J connectivity index is 2.39. The van der Waals surface area contributed by atoms with Crippen molar-refractivity contribution in [3.63, 3.8) is 0 Å². The molecule has 4 N–H and O–H groups in total. The molecule has 2 aromatic rings. The van der Waals surface area contributed by atoms with Gasteiger partial charge < -0.3 is 20.8 Å². The third-order valence-electron chi connectivity index (χ3n) is 2.82. The fourth-order valence-corrected chi connectivity index (χ4v) is 1.96. The molecule has 0 fully saturated rings. The maximum absolute atomic E-state index is 9.86. The van der Waals surface area contributed by atoms with Crippen molar-refractivity contribution in [1.82, 2.24) is 15.0 Å². The summed E-state index contributed by atoms with van der Waals surface area (Å²) in [5.41, 5.74) is 0.618. The van der Waals surface area contributed by atoms with E-state index in [0.717, 1.165) is 0 Å². The van der Waals surface area contributed by atoms with Gasteiger partial charge in [0, 0.05) is 5.56 Å². The fraction of sp³-hybridized carbons (Fsp3) is 0.308. The number of aliphatic hydroxyl groups is 2. The number of aliphatic hydroxyl groups excluding tert-OH is 2. The first-order valence-corrected chi connectivity index (χ1v) is 9.08. The normalized spacial score (nSPS) is 14.6. The predicted molar refractivity (Wildman–Crippen MR) is 105 cm³/mol. The van der Waals surface area contributed by atoms with Gasteiger partial charge in [-0.3, -0.25) is 0 Å². The van der Waals surface area contributed by atoms with Gasteiger partial charge in [0.05, 0.1) is 0 Å². The lowest BCUT2D eigenvalue weighted by atomic mass is 10.2. The zero-order valence-corrected chi connectivity index (χ0v) is 17.1. The summed E-state index contributed by atoms with van der Waals surface area (Å²) in [7, 11) is 0. The molecule has 13 heteroatoms. The molecule has 0 bridgehead atoms. The molecule has 7 nitrogen and oxygen atoms in total. The Bertz CT molecular complexity index is 700. The maximum atomic E-state index is 9.86. The van der Waals surface area contributed by atoms with Gasteiger partial charge in [-0.25, -0.2) is 0 Å². The SMILES string of the molecule is O[C@H](Nc1nc(N[C@H](O)C(Cl)(Cl)Cl)nc(-c2ccccc2)n1)C(Cl)(Cl)Cl. The molecule has 0 aliphatic rings. The van der Waals surface area contributed by atoms with E-state index in [1.54, 1.807) is 24.3 Å². The number of aromatic nitrogens is 3. The van der Waals surface area contributed by atoms with Crippen molar-refractivity contribution in [3.05, 3.63) is 30.3 Å². The van der Waals surface area contributed by atoms with Crippen molar-refractivity contribution >= 4 is 81.5 Å². The molecule has 2 rings (SSSR count). The number of nitrogens with zero attached hydrogens (tertiary/aromatic N) is 3. The minimum Gasteiger partial charge on any atom is -0.369 e. The van der Waals surface area contributed by atoms with Crippen molar-refractivity contribution in [2.24, 2.45) is 0 Å². The van der Waals surface area contributed by atoms with Gasteiger partial charge in [0.25, 0.3) is 0 Å². The number of nitrogens with one attached hydrogen (secondary N) is 2. The Morgan fingerprint density at radius 2 is 1.15 bits per heavy atom. The highest BCUT2D eigenvalue weighted by Crippen LogP contribution is 2.32. The first-order valence-electron chi connectivity index (χ1n) is 6.81. The van der Waals surface area contributed by atoms with Gasteiger partial charge in [-0.1, -0.05) is 99.9 Å². The van der Waals surface area contributed by atoms with Crippen molar-refractivity contribution in [3.8, 4) is 11.4 Å². The van der Waals surface area contributed by atoms with E-state index in [4.69, 9.17) is 69.6 Å². The second kappa shape index (κ2) is 8.67. The highest BCUT2D eigenvalue weighted by Gasteiger charge is 2.33. The van der Waals surface area contributed by atoms with Crippen LogP contribution in [0.2, 0.25) is 0 Å². The van der Waals surface area contributed by atoms with E-state index in [-0.39, 0.29) is 17.7 Å². The van der Waals surface area contributed by atoms with Gasteiger partial charge in [0.2, 0.25) is 19.5 Å². The molecule has 1 aromatic heterocycles. The van der Waals surface area contributed by atoms with E-state index >= 15 is 0 Å². The van der Waals surface area contributed by atoms with E-state index in [9.17, 15) is 10.2 Å². The van der Waals surface area contributed by atoms with E-state index in [2.05, 4.69) is 25.6 Å². The number of hydrogen-bond donors (Lipinski definition) is 4. The largest absolute Gasteiger partial charge is 0.369 e. The second-order valence-corrected chi connectivity index (χ2v) is 9.59. The fourth-order valence-electron chi connectivity index (χ4n) is 1.63. The maximum Gasteiger partial charge on any atom is 0.234 e. The van der Waals surface area contributed by atoms with Gasteiger partial charge >= 0.3 is 0 Å².